The number of amides is 1. The SMILES string of the molecule is COc1cc2oc(=O)cc(C)c2cc1CCC(=O)N[C@H](c1nc2ccccc2n1C(C)C)C(C)C. The minimum absolute atomic E-state index is 0.0514. The highest BCUT2D eigenvalue weighted by Crippen LogP contribution is 2.30. The Hall–Kier alpha value is -3.61. The van der Waals surface area contributed by atoms with Crippen LogP contribution in [0.3, 0.4) is 0 Å². The molecule has 0 aliphatic carbocycles. The van der Waals surface area contributed by atoms with Crippen LogP contribution in [0, 0.1) is 12.8 Å². The van der Waals surface area contributed by atoms with Crippen LogP contribution in [0.15, 0.2) is 51.7 Å². The molecule has 1 N–H and O–H groups in total. The van der Waals surface area contributed by atoms with Crippen LogP contribution in [-0.2, 0) is 11.2 Å². The van der Waals surface area contributed by atoms with Gasteiger partial charge in [-0.05, 0) is 62.4 Å². The fraction of sp³-hybridized carbons (Fsp3) is 0.393. The van der Waals surface area contributed by atoms with Gasteiger partial charge in [-0.15, -0.1) is 0 Å². The van der Waals surface area contributed by atoms with Crippen LogP contribution < -0.4 is 15.7 Å². The van der Waals surface area contributed by atoms with Gasteiger partial charge in [-0.25, -0.2) is 9.78 Å². The number of carbonyl (C=O) groups excluding carboxylic acids is 1. The second kappa shape index (κ2) is 9.94. The van der Waals surface area contributed by atoms with Gasteiger partial charge in [-0.3, -0.25) is 4.79 Å². The summed E-state index contributed by atoms with van der Waals surface area (Å²) in [6.45, 7) is 10.3. The lowest BCUT2D eigenvalue weighted by molar-refractivity contribution is -0.122. The number of nitrogens with one attached hydrogen (secondary N) is 1. The summed E-state index contributed by atoms with van der Waals surface area (Å²) in [5.74, 6) is 1.58. The van der Waals surface area contributed by atoms with Crippen LogP contribution >= 0.6 is 0 Å². The molecule has 2 heterocycles. The molecule has 35 heavy (non-hydrogen) atoms. The molecule has 0 spiro atoms. The van der Waals surface area contributed by atoms with E-state index in [4.69, 9.17) is 14.1 Å². The van der Waals surface area contributed by atoms with Gasteiger partial charge < -0.3 is 19.0 Å². The maximum atomic E-state index is 13.1. The van der Waals surface area contributed by atoms with Crippen LogP contribution in [-0.4, -0.2) is 22.6 Å². The summed E-state index contributed by atoms with van der Waals surface area (Å²) in [6.07, 6.45) is 0.789. The normalized spacial score (nSPS) is 12.6. The van der Waals surface area contributed by atoms with Gasteiger partial charge in [-0.1, -0.05) is 26.0 Å². The van der Waals surface area contributed by atoms with Gasteiger partial charge in [0.25, 0.3) is 0 Å². The highest BCUT2D eigenvalue weighted by molar-refractivity contribution is 5.83. The molecule has 184 valence electrons. The van der Waals surface area contributed by atoms with Crippen LogP contribution in [0.5, 0.6) is 5.75 Å². The Bertz CT molecular complexity index is 1430. The smallest absolute Gasteiger partial charge is 0.336 e. The van der Waals surface area contributed by atoms with Crippen molar-refractivity contribution in [2.45, 2.75) is 59.5 Å². The molecule has 0 saturated carbocycles. The summed E-state index contributed by atoms with van der Waals surface area (Å²) in [4.78, 5) is 29.8. The number of ether oxygens (including phenoxy) is 1. The lowest BCUT2D eigenvalue weighted by Crippen LogP contribution is -2.34. The molecule has 1 amide bonds. The van der Waals surface area contributed by atoms with Crippen molar-refractivity contribution in [2.75, 3.05) is 7.11 Å². The maximum absolute atomic E-state index is 13.1. The number of fused-ring (bicyclic) bond motifs is 2. The minimum Gasteiger partial charge on any atom is -0.496 e. The molecule has 0 saturated heterocycles. The van der Waals surface area contributed by atoms with E-state index in [0.29, 0.717) is 24.2 Å². The summed E-state index contributed by atoms with van der Waals surface area (Å²) in [5.41, 5.74) is 3.81. The van der Waals surface area contributed by atoms with Crippen molar-refractivity contribution < 1.29 is 13.9 Å². The average molecular weight is 476 g/mol. The van der Waals surface area contributed by atoms with E-state index in [1.165, 1.54) is 6.07 Å². The Kier molecular flexibility index (Phi) is 6.96. The van der Waals surface area contributed by atoms with Gasteiger partial charge in [0, 0.05) is 30.0 Å². The molecule has 7 heteroatoms. The van der Waals surface area contributed by atoms with Crippen molar-refractivity contribution in [3.05, 3.63) is 69.8 Å². The van der Waals surface area contributed by atoms with E-state index in [-0.39, 0.29) is 23.9 Å². The van der Waals surface area contributed by atoms with Crippen molar-refractivity contribution in [1.82, 2.24) is 14.9 Å². The zero-order valence-electron chi connectivity index (χ0n) is 21.2. The monoisotopic (exact) mass is 475 g/mol. The molecule has 0 fully saturated rings. The largest absolute Gasteiger partial charge is 0.496 e. The number of aromatic nitrogens is 2. The van der Waals surface area contributed by atoms with Crippen molar-refractivity contribution in [2.24, 2.45) is 5.92 Å². The number of hydrogen-bond acceptors (Lipinski definition) is 5. The maximum Gasteiger partial charge on any atom is 0.336 e. The van der Waals surface area contributed by atoms with E-state index in [0.717, 1.165) is 33.4 Å². The predicted molar refractivity (Wildman–Crippen MR) is 138 cm³/mol. The topological polar surface area (TPSA) is 86.4 Å². The Morgan fingerprint density at radius 3 is 2.57 bits per heavy atom. The Labute approximate surface area is 205 Å². The number of hydrogen-bond donors (Lipinski definition) is 1. The predicted octanol–water partition coefficient (Wildman–Crippen LogP) is 5.49. The van der Waals surface area contributed by atoms with Crippen LogP contribution in [0.25, 0.3) is 22.0 Å². The van der Waals surface area contributed by atoms with Crippen molar-refractivity contribution >= 4 is 27.9 Å². The second-order valence-corrected chi connectivity index (χ2v) is 9.62. The van der Waals surface area contributed by atoms with Crippen LogP contribution in [0.4, 0.5) is 0 Å². The third-order valence-electron chi connectivity index (χ3n) is 6.37. The number of aryl methyl sites for hydroxylation is 2. The fourth-order valence-electron chi connectivity index (χ4n) is 4.62. The highest BCUT2D eigenvalue weighted by atomic mass is 16.5. The number of benzene rings is 2. The zero-order chi connectivity index (χ0) is 25.3. The van der Waals surface area contributed by atoms with Crippen LogP contribution in [0.2, 0.25) is 0 Å². The molecular weight excluding hydrogens is 442 g/mol. The quantitative estimate of drug-likeness (QED) is 0.341. The van der Waals surface area contributed by atoms with E-state index in [9.17, 15) is 9.59 Å². The number of para-hydroxylation sites is 2. The summed E-state index contributed by atoms with van der Waals surface area (Å²) in [5, 5.41) is 4.07. The molecule has 2 aromatic carbocycles. The van der Waals surface area contributed by atoms with E-state index in [2.05, 4.69) is 43.6 Å². The van der Waals surface area contributed by atoms with Crippen molar-refractivity contribution in [3.63, 3.8) is 0 Å². The summed E-state index contributed by atoms with van der Waals surface area (Å²) in [6, 6.07) is 13.2. The first-order chi connectivity index (χ1) is 16.7. The average Bonchev–Trinajstić information content (AvgIpc) is 3.20. The second-order valence-electron chi connectivity index (χ2n) is 9.62. The van der Waals surface area contributed by atoms with E-state index < -0.39 is 5.63 Å². The fourth-order valence-corrected chi connectivity index (χ4v) is 4.62. The van der Waals surface area contributed by atoms with E-state index in [1.807, 2.05) is 31.2 Å². The molecule has 1 atom stereocenters. The summed E-state index contributed by atoms with van der Waals surface area (Å²) < 4.78 is 13.1. The third kappa shape index (κ3) is 4.94. The Morgan fingerprint density at radius 1 is 1.14 bits per heavy atom. The number of carbonyl (C=O) groups is 1. The number of methoxy groups -OCH3 is 1. The third-order valence-corrected chi connectivity index (χ3v) is 6.37. The van der Waals surface area contributed by atoms with Gasteiger partial charge in [-0.2, -0.15) is 0 Å². The minimum atomic E-state index is -0.392. The number of nitrogens with zero attached hydrogens (tertiary/aromatic N) is 2. The van der Waals surface area contributed by atoms with Gasteiger partial charge in [0.05, 0.1) is 24.2 Å². The standard InChI is InChI=1S/C28H33N3O4/c1-16(2)27(28-29-21-9-7-8-10-22(21)31(28)17(3)4)30-25(32)12-11-19-14-20-18(5)13-26(33)35-24(20)15-23(19)34-6/h7-10,13-17,27H,11-12H2,1-6H3,(H,30,32)/t27-/m0/s1. The Balaban J connectivity index is 1.58. The molecule has 0 bridgehead atoms. The van der Waals surface area contributed by atoms with Crippen molar-refractivity contribution in [3.8, 4) is 5.75 Å². The van der Waals surface area contributed by atoms with Gasteiger partial charge in [0.2, 0.25) is 5.91 Å². The van der Waals surface area contributed by atoms with Crippen LogP contribution in [0.1, 0.15) is 63.2 Å². The molecule has 0 unspecified atom stereocenters. The summed E-state index contributed by atoms with van der Waals surface area (Å²) >= 11 is 0. The van der Waals surface area contributed by atoms with Gasteiger partial charge >= 0.3 is 5.63 Å². The van der Waals surface area contributed by atoms with Crippen molar-refractivity contribution in [1.29, 1.82) is 0 Å². The first kappa shape index (κ1) is 24.5. The molecule has 0 radical (unpaired) electrons. The lowest BCUT2D eigenvalue weighted by atomic mass is 10.0. The lowest BCUT2D eigenvalue weighted by Gasteiger charge is -2.25. The molecule has 4 rings (SSSR count). The molecule has 0 aliphatic heterocycles. The first-order valence-corrected chi connectivity index (χ1v) is 12.1. The molecular formula is C28H33N3O4. The molecule has 0 aliphatic rings. The number of imidazole rings is 1. The first-order valence-electron chi connectivity index (χ1n) is 12.1. The van der Waals surface area contributed by atoms with Gasteiger partial charge in [0.1, 0.15) is 17.2 Å². The zero-order valence-corrected chi connectivity index (χ0v) is 21.2. The number of rotatable bonds is 8. The highest BCUT2D eigenvalue weighted by Gasteiger charge is 2.26. The molecule has 7 nitrogen and oxygen atoms in total. The molecule has 4 aromatic rings. The molecule has 2 aromatic heterocycles. The van der Waals surface area contributed by atoms with E-state index in [1.54, 1.807) is 13.2 Å². The van der Waals surface area contributed by atoms with E-state index >= 15 is 0 Å². The summed E-state index contributed by atoms with van der Waals surface area (Å²) in [7, 11) is 1.57. The Morgan fingerprint density at radius 2 is 1.89 bits per heavy atom. The van der Waals surface area contributed by atoms with Gasteiger partial charge in [0.15, 0.2) is 0 Å².